The molecule has 0 aliphatic rings. The molecule has 0 unspecified atom stereocenters. The second-order valence-corrected chi connectivity index (χ2v) is 4.93. The number of benzene rings is 2. The maximum Gasteiger partial charge on any atom is 0.147 e. The van der Waals surface area contributed by atoms with Crippen LogP contribution >= 0.6 is 11.6 Å². The topological polar surface area (TPSA) is 47.3 Å². The predicted octanol–water partition coefficient (Wildman–Crippen LogP) is 3.51. The van der Waals surface area contributed by atoms with Crippen LogP contribution in [0.3, 0.4) is 0 Å². The summed E-state index contributed by atoms with van der Waals surface area (Å²) in [7, 11) is 1.84. The highest BCUT2D eigenvalue weighted by Crippen LogP contribution is 2.25. The Balaban J connectivity index is 1.82. The Labute approximate surface area is 121 Å². The molecule has 0 atom stereocenters. The van der Waals surface area contributed by atoms with E-state index in [0.717, 1.165) is 22.3 Å². The number of hydrogen-bond acceptors (Lipinski definition) is 3. The van der Waals surface area contributed by atoms with Gasteiger partial charge in [0.2, 0.25) is 0 Å². The molecule has 3 rings (SSSR count). The largest absolute Gasteiger partial charge is 0.508 e. The molecule has 20 heavy (non-hydrogen) atoms. The van der Waals surface area contributed by atoms with Gasteiger partial charge in [0.25, 0.3) is 0 Å². The molecule has 0 saturated heterocycles. The average Bonchev–Trinajstić information content (AvgIpc) is 2.76. The zero-order valence-corrected chi connectivity index (χ0v) is 11.6. The minimum Gasteiger partial charge on any atom is -0.508 e. The lowest BCUT2D eigenvalue weighted by Crippen LogP contribution is -2.03. The van der Waals surface area contributed by atoms with Gasteiger partial charge in [-0.1, -0.05) is 23.7 Å². The van der Waals surface area contributed by atoms with Crippen LogP contribution in [-0.4, -0.2) is 14.7 Å². The van der Waals surface area contributed by atoms with Crippen molar-refractivity contribution in [3.8, 4) is 11.5 Å². The molecule has 0 saturated carbocycles. The molecule has 102 valence electrons. The second-order valence-electron chi connectivity index (χ2n) is 4.54. The number of aromatic hydroxyl groups is 1. The maximum absolute atomic E-state index is 9.50. The number of hydrogen-bond donors (Lipinski definition) is 1. The van der Waals surface area contributed by atoms with Gasteiger partial charge in [-0.05, 0) is 35.0 Å². The van der Waals surface area contributed by atoms with Crippen LogP contribution in [0.1, 0.15) is 5.82 Å². The Morgan fingerprint density at radius 1 is 1.20 bits per heavy atom. The van der Waals surface area contributed by atoms with Gasteiger partial charge in [0.05, 0.1) is 6.20 Å². The number of ether oxygens (including phenoxy) is 1. The summed E-state index contributed by atoms with van der Waals surface area (Å²) in [6, 6.07) is 11.0. The fourth-order valence-corrected chi connectivity index (χ4v) is 2.15. The number of aromatic nitrogens is 2. The number of fused-ring (bicyclic) bond motifs is 1. The Bertz CT molecular complexity index is 768. The van der Waals surface area contributed by atoms with Crippen molar-refractivity contribution in [2.24, 2.45) is 7.05 Å². The lowest BCUT2D eigenvalue weighted by Gasteiger charge is -2.08. The van der Waals surface area contributed by atoms with Gasteiger partial charge in [0, 0.05) is 7.05 Å². The highest BCUT2D eigenvalue weighted by Gasteiger charge is 2.05. The highest BCUT2D eigenvalue weighted by atomic mass is 35.5. The van der Waals surface area contributed by atoms with E-state index in [2.05, 4.69) is 4.98 Å². The molecular weight excluding hydrogens is 276 g/mol. The number of nitrogens with zero attached hydrogens (tertiary/aromatic N) is 2. The van der Waals surface area contributed by atoms with Gasteiger partial charge in [0.15, 0.2) is 0 Å². The van der Waals surface area contributed by atoms with Gasteiger partial charge in [0.1, 0.15) is 29.1 Å². The number of halogens is 1. The molecule has 1 heterocycles. The van der Waals surface area contributed by atoms with Crippen LogP contribution in [0, 0.1) is 0 Å². The van der Waals surface area contributed by atoms with E-state index in [0.29, 0.717) is 11.8 Å². The van der Waals surface area contributed by atoms with E-state index in [9.17, 15) is 5.11 Å². The molecule has 0 spiro atoms. The number of phenolic OH excluding ortho intramolecular Hbond substituents is 1. The molecular formula is C15H13ClN2O2. The lowest BCUT2D eigenvalue weighted by atomic mass is 10.1. The van der Waals surface area contributed by atoms with Crippen molar-refractivity contribution in [2.75, 3.05) is 0 Å². The summed E-state index contributed by atoms with van der Waals surface area (Å²) >= 11 is 5.92. The first-order chi connectivity index (χ1) is 9.63. The SMILES string of the molecule is Cn1c(Cl)cnc1COc1ccc2ccc(O)cc2c1. The molecule has 2 aromatic carbocycles. The number of phenols is 1. The first kappa shape index (κ1) is 12.8. The summed E-state index contributed by atoms with van der Waals surface area (Å²) in [5, 5.41) is 12.1. The van der Waals surface area contributed by atoms with Crippen molar-refractivity contribution in [1.82, 2.24) is 9.55 Å². The van der Waals surface area contributed by atoms with E-state index in [1.54, 1.807) is 22.9 Å². The van der Waals surface area contributed by atoms with Crippen molar-refractivity contribution in [1.29, 1.82) is 0 Å². The highest BCUT2D eigenvalue weighted by molar-refractivity contribution is 6.29. The lowest BCUT2D eigenvalue weighted by molar-refractivity contribution is 0.292. The molecule has 0 bridgehead atoms. The zero-order chi connectivity index (χ0) is 14.1. The average molecular weight is 289 g/mol. The van der Waals surface area contributed by atoms with Gasteiger partial charge in [-0.3, -0.25) is 0 Å². The van der Waals surface area contributed by atoms with Gasteiger partial charge in [-0.15, -0.1) is 0 Å². The van der Waals surface area contributed by atoms with Gasteiger partial charge < -0.3 is 14.4 Å². The molecule has 1 N–H and O–H groups in total. The Morgan fingerprint density at radius 2 is 2.00 bits per heavy atom. The van der Waals surface area contributed by atoms with E-state index in [-0.39, 0.29) is 5.75 Å². The van der Waals surface area contributed by atoms with Crippen LogP contribution in [0.25, 0.3) is 10.8 Å². The van der Waals surface area contributed by atoms with Crippen molar-refractivity contribution >= 4 is 22.4 Å². The Morgan fingerprint density at radius 3 is 2.75 bits per heavy atom. The molecule has 0 amide bonds. The van der Waals surface area contributed by atoms with Gasteiger partial charge in [-0.2, -0.15) is 0 Å². The first-order valence-corrected chi connectivity index (χ1v) is 6.53. The van der Waals surface area contributed by atoms with Crippen molar-refractivity contribution in [2.45, 2.75) is 6.61 Å². The summed E-state index contributed by atoms with van der Waals surface area (Å²) in [5.74, 6) is 1.72. The Hall–Kier alpha value is -2.20. The van der Waals surface area contributed by atoms with Crippen LogP contribution in [-0.2, 0) is 13.7 Å². The molecule has 5 heteroatoms. The quantitative estimate of drug-likeness (QED) is 0.802. The van der Waals surface area contributed by atoms with Crippen molar-refractivity contribution < 1.29 is 9.84 Å². The fraction of sp³-hybridized carbons (Fsp3) is 0.133. The third kappa shape index (κ3) is 2.42. The first-order valence-electron chi connectivity index (χ1n) is 6.15. The van der Waals surface area contributed by atoms with E-state index < -0.39 is 0 Å². The fourth-order valence-electron chi connectivity index (χ4n) is 2.01. The van der Waals surface area contributed by atoms with Crippen LogP contribution in [0.4, 0.5) is 0 Å². The molecule has 4 nitrogen and oxygen atoms in total. The van der Waals surface area contributed by atoms with Crippen molar-refractivity contribution in [3.63, 3.8) is 0 Å². The van der Waals surface area contributed by atoms with E-state index in [4.69, 9.17) is 16.3 Å². The van der Waals surface area contributed by atoms with Crippen LogP contribution in [0.15, 0.2) is 42.6 Å². The van der Waals surface area contributed by atoms with Crippen LogP contribution < -0.4 is 4.74 Å². The number of imidazole rings is 1. The summed E-state index contributed by atoms with van der Waals surface area (Å²) in [6.07, 6.45) is 1.60. The Kier molecular flexibility index (Phi) is 3.24. The summed E-state index contributed by atoms with van der Waals surface area (Å²) in [5.41, 5.74) is 0. The molecule has 0 aliphatic heterocycles. The van der Waals surface area contributed by atoms with E-state index in [1.165, 1.54) is 0 Å². The normalized spacial score (nSPS) is 10.9. The predicted molar refractivity (Wildman–Crippen MR) is 78.2 cm³/mol. The third-order valence-corrected chi connectivity index (χ3v) is 3.54. The molecule has 0 aliphatic carbocycles. The van der Waals surface area contributed by atoms with Crippen LogP contribution in [0.2, 0.25) is 5.15 Å². The summed E-state index contributed by atoms with van der Waals surface area (Å²) in [6.45, 7) is 0.341. The minimum absolute atomic E-state index is 0.241. The van der Waals surface area contributed by atoms with E-state index in [1.807, 2.05) is 31.3 Å². The molecule has 0 fully saturated rings. The zero-order valence-electron chi connectivity index (χ0n) is 10.9. The summed E-state index contributed by atoms with van der Waals surface area (Å²) < 4.78 is 7.48. The molecule has 1 aromatic heterocycles. The minimum atomic E-state index is 0.241. The van der Waals surface area contributed by atoms with Crippen molar-refractivity contribution in [3.05, 3.63) is 53.6 Å². The monoisotopic (exact) mass is 288 g/mol. The standard InChI is InChI=1S/C15H13ClN2O2/c1-18-14(16)8-17-15(18)9-20-13-5-3-10-2-4-12(19)6-11(10)7-13/h2-8,19H,9H2,1H3. The molecule has 3 aromatic rings. The van der Waals surface area contributed by atoms with Gasteiger partial charge >= 0.3 is 0 Å². The molecule has 0 radical (unpaired) electrons. The maximum atomic E-state index is 9.50. The summed E-state index contributed by atoms with van der Waals surface area (Å²) in [4.78, 5) is 4.17. The smallest absolute Gasteiger partial charge is 0.147 e. The number of rotatable bonds is 3. The third-order valence-electron chi connectivity index (χ3n) is 3.19. The van der Waals surface area contributed by atoms with Gasteiger partial charge in [-0.25, -0.2) is 4.98 Å². The second kappa shape index (κ2) is 5.06. The van der Waals surface area contributed by atoms with E-state index >= 15 is 0 Å². The van der Waals surface area contributed by atoms with Crippen LogP contribution in [0.5, 0.6) is 11.5 Å².